The second kappa shape index (κ2) is 6.55. The SMILES string of the molecule is CSCC(C)CNC(=O)c1ccc(N)cc1C. The number of nitrogens with one attached hydrogen (secondary N) is 1. The molecule has 94 valence electrons. The van der Waals surface area contributed by atoms with Crippen molar-refractivity contribution in [3.8, 4) is 0 Å². The summed E-state index contributed by atoms with van der Waals surface area (Å²) < 4.78 is 0. The second-order valence-electron chi connectivity index (χ2n) is 4.34. The van der Waals surface area contributed by atoms with Gasteiger partial charge >= 0.3 is 0 Å². The molecule has 4 heteroatoms. The minimum atomic E-state index is -0.0181. The van der Waals surface area contributed by atoms with Gasteiger partial charge in [0.25, 0.3) is 5.91 Å². The van der Waals surface area contributed by atoms with Crippen LogP contribution in [0.2, 0.25) is 0 Å². The van der Waals surface area contributed by atoms with Crippen molar-refractivity contribution in [2.24, 2.45) is 5.92 Å². The molecular formula is C13H20N2OS. The Morgan fingerprint density at radius 1 is 1.53 bits per heavy atom. The van der Waals surface area contributed by atoms with Crippen LogP contribution in [0.4, 0.5) is 5.69 Å². The van der Waals surface area contributed by atoms with Crippen LogP contribution in [0.3, 0.4) is 0 Å². The fourth-order valence-corrected chi connectivity index (χ4v) is 2.33. The van der Waals surface area contributed by atoms with Crippen molar-refractivity contribution in [2.75, 3.05) is 24.3 Å². The van der Waals surface area contributed by atoms with E-state index in [2.05, 4.69) is 18.5 Å². The number of benzene rings is 1. The monoisotopic (exact) mass is 252 g/mol. The number of carbonyl (C=O) groups is 1. The highest BCUT2D eigenvalue weighted by Gasteiger charge is 2.10. The fourth-order valence-electron chi connectivity index (χ4n) is 1.65. The second-order valence-corrected chi connectivity index (χ2v) is 5.26. The van der Waals surface area contributed by atoms with Crippen molar-refractivity contribution < 1.29 is 4.79 Å². The topological polar surface area (TPSA) is 55.1 Å². The molecule has 0 spiro atoms. The Hall–Kier alpha value is -1.16. The van der Waals surface area contributed by atoms with Crippen molar-refractivity contribution in [3.05, 3.63) is 29.3 Å². The van der Waals surface area contributed by atoms with Crippen molar-refractivity contribution >= 4 is 23.4 Å². The molecular weight excluding hydrogens is 232 g/mol. The molecule has 0 aliphatic heterocycles. The molecule has 1 aromatic rings. The molecule has 0 saturated carbocycles. The fraction of sp³-hybridized carbons (Fsp3) is 0.462. The Morgan fingerprint density at radius 2 is 2.24 bits per heavy atom. The van der Waals surface area contributed by atoms with Crippen LogP contribution in [-0.2, 0) is 0 Å². The van der Waals surface area contributed by atoms with Gasteiger partial charge in [-0.05, 0) is 48.6 Å². The van der Waals surface area contributed by atoms with E-state index < -0.39 is 0 Å². The van der Waals surface area contributed by atoms with Gasteiger partial charge in [-0.3, -0.25) is 4.79 Å². The van der Waals surface area contributed by atoms with Crippen LogP contribution in [0, 0.1) is 12.8 Å². The number of aryl methyl sites for hydroxylation is 1. The van der Waals surface area contributed by atoms with Gasteiger partial charge in [0.15, 0.2) is 0 Å². The van der Waals surface area contributed by atoms with E-state index >= 15 is 0 Å². The van der Waals surface area contributed by atoms with Gasteiger partial charge in [-0.2, -0.15) is 11.8 Å². The number of hydrogen-bond acceptors (Lipinski definition) is 3. The number of amides is 1. The summed E-state index contributed by atoms with van der Waals surface area (Å²) in [4.78, 5) is 11.9. The van der Waals surface area contributed by atoms with Crippen LogP contribution in [0.1, 0.15) is 22.8 Å². The van der Waals surface area contributed by atoms with Crippen LogP contribution >= 0.6 is 11.8 Å². The summed E-state index contributed by atoms with van der Waals surface area (Å²) in [7, 11) is 0. The predicted molar refractivity (Wildman–Crippen MR) is 75.5 cm³/mol. The maximum absolute atomic E-state index is 11.9. The highest BCUT2D eigenvalue weighted by molar-refractivity contribution is 7.98. The molecule has 0 bridgehead atoms. The van der Waals surface area contributed by atoms with E-state index in [0.717, 1.165) is 11.3 Å². The maximum Gasteiger partial charge on any atom is 0.251 e. The van der Waals surface area contributed by atoms with Gasteiger partial charge in [-0.15, -0.1) is 0 Å². The summed E-state index contributed by atoms with van der Waals surface area (Å²) in [6, 6.07) is 5.35. The van der Waals surface area contributed by atoms with Crippen molar-refractivity contribution in [1.82, 2.24) is 5.32 Å². The lowest BCUT2D eigenvalue weighted by molar-refractivity contribution is 0.0948. The van der Waals surface area contributed by atoms with E-state index in [-0.39, 0.29) is 5.91 Å². The highest BCUT2D eigenvalue weighted by atomic mass is 32.2. The molecule has 3 N–H and O–H groups in total. The minimum Gasteiger partial charge on any atom is -0.399 e. The molecule has 0 aromatic heterocycles. The van der Waals surface area contributed by atoms with Crippen LogP contribution in [0.15, 0.2) is 18.2 Å². The van der Waals surface area contributed by atoms with E-state index in [9.17, 15) is 4.79 Å². The largest absolute Gasteiger partial charge is 0.399 e. The molecule has 1 amide bonds. The molecule has 0 heterocycles. The Bertz CT molecular complexity index is 393. The van der Waals surface area contributed by atoms with Gasteiger partial charge in [0.05, 0.1) is 0 Å². The normalized spacial score (nSPS) is 12.2. The molecule has 0 radical (unpaired) electrons. The molecule has 0 fully saturated rings. The smallest absolute Gasteiger partial charge is 0.251 e. The Morgan fingerprint density at radius 3 is 2.82 bits per heavy atom. The average Bonchev–Trinajstić information content (AvgIpc) is 2.26. The number of hydrogen-bond donors (Lipinski definition) is 2. The molecule has 17 heavy (non-hydrogen) atoms. The number of thioether (sulfide) groups is 1. The third kappa shape index (κ3) is 4.30. The molecule has 1 atom stereocenters. The summed E-state index contributed by atoms with van der Waals surface area (Å²) in [6.07, 6.45) is 2.07. The average molecular weight is 252 g/mol. The quantitative estimate of drug-likeness (QED) is 0.791. The van der Waals surface area contributed by atoms with E-state index in [0.29, 0.717) is 23.7 Å². The van der Waals surface area contributed by atoms with Gasteiger partial charge in [-0.25, -0.2) is 0 Å². The zero-order valence-electron chi connectivity index (χ0n) is 10.6. The lowest BCUT2D eigenvalue weighted by Crippen LogP contribution is -2.29. The molecule has 0 aliphatic carbocycles. The first-order valence-electron chi connectivity index (χ1n) is 5.68. The van der Waals surface area contributed by atoms with E-state index in [1.54, 1.807) is 23.9 Å². The lowest BCUT2D eigenvalue weighted by Gasteiger charge is -2.12. The van der Waals surface area contributed by atoms with Crippen LogP contribution in [0.5, 0.6) is 0 Å². The summed E-state index contributed by atoms with van der Waals surface area (Å²) in [5, 5.41) is 2.95. The lowest BCUT2D eigenvalue weighted by atomic mass is 10.1. The first-order valence-corrected chi connectivity index (χ1v) is 7.07. The van der Waals surface area contributed by atoms with Gasteiger partial charge in [-0.1, -0.05) is 6.92 Å². The minimum absolute atomic E-state index is 0.0181. The molecule has 1 aromatic carbocycles. The van der Waals surface area contributed by atoms with Gasteiger partial charge < -0.3 is 11.1 Å². The number of rotatable bonds is 5. The first-order chi connectivity index (χ1) is 8.04. The van der Waals surface area contributed by atoms with Gasteiger partial charge in [0, 0.05) is 17.8 Å². The molecule has 0 aliphatic rings. The number of nitrogen functional groups attached to an aromatic ring is 1. The maximum atomic E-state index is 11.9. The molecule has 3 nitrogen and oxygen atoms in total. The van der Waals surface area contributed by atoms with Gasteiger partial charge in [0.1, 0.15) is 0 Å². The zero-order chi connectivity index (χ0) is 12.8. The Kier molecular flexibility index (Phi) is 5.35. The summed E-state index contributed by atoms with van der Waals surface area (Å²) in [5.74, 6) is 1.53. The number of anilines is 1. The summed E-state index contributed by atoms with van der Waals surface area (Å²) in [5.41, 5.74) is 7.97. The van der Waals surface area contributed by atoms with E-state index in [4.69, 9.17) is 5.73 Å². The van der Waals surface area contributed by atoms with Crippen molar-refractivity contribution in [3.63, 3.8) is 0 Å². The first kappa shape index (κ1) is 13.9. The summed E-state index contributed by atoms with van der Waals surface area (Å²) >= 11 is 1.79. The van der Waals surface area contributed by atoms with E-state index in [1.165, 1.54) is 0 Å². The molecule has 1 unspecified atom stereocenters. The third-order valence-corrected chi connectivity index (χ3v) is 3.46. The van der Waals surface area contributed by atoms with Crippen molar-refractivity contribution in [1.29, 1.82) is 0 Å². The van der Waals surface area contributed by atoms with Gasteiger partial charge in [0.2, 0.25) is 0 Å². The number of nitrogens with two attached hydrogens (primary N) is 1. The van der Waals surface area contributed by atoms with Crippen LogP contribution in [0.25, 0.3) is 0 Å². The standard InChI is InChI=1S/C13H20N2OS/c1-9(8-17-3)7-15-13(16)12-5-4-11(14)6-10(12)2/h4-6,9H,7-8,14H2,1-3H3,(H,15,16). The summed E-state index contributed by atoms with van der Waals surface area (Å²) in [6.45, 7) is 4.74. The number of carbonyl (C=O) groups excluding carboxylic acids is 1. The van der Waals surface area contributed by atoms with E-state index in [1.807, 2.05) is 13.0 Å². The third-order valence-electron chi connectivity index (χ3n) is 2.56. The van der Waals surface area contributed by atoms with Crippen LogP contribution < -0.4 is 11.1 Å². The Labute approximate surface area is 107 Å². The predicted octanol–water partition coefficient (Wildman–Crippen LogP) is 2.31. The molecule has 1 rings (SSSR count). The highest BCUT2D eigenvalue weighted by Crippen LogP contribution is 2.12. The van der Waals surface area contributed by atoms with Crippen molar-refractivity contribution in [2.45, 2.75) is 13.8 Å². The Balaban J connectivity index is 2.58. The molecule has 0 saturated heterocycles. The zero-order valence-corrected chi connectivity index (χ0v) is 11.4. The van der Waals surface area contributed by atoms with Crippen LogP contribution in [-0.4, -0.2) is 24.5 Å².